The monoisotopic (exact) mass is 364 g/mol. The average Bonchev–Trinajstić information content (AvgIpc) is 3.14. The normalized spacial score (nSPS) is 26.9. The van der Waals surface area contributed by atoms with Crippen molar-refractivity contribution in [2.24, 2.45) is 5.92 Å². The van der Waals surface area contributed by atoms with E-state index in [0.29, 0.717) is 24.4 Å². The first-order valence-corrected chi connectivity index (χ1v) is 9.01. The number of aryl methyl sites for hydroxylation is 1. The summed E-state index contributed by atoms with van der Waals surface area (Å²) in [5, 5.41) is 21.8. The molecule has 3 rings (SSSR count). The number of hydrogen-bond acceptors (Lipinski definition) is 6. The van der Waals surface area contributed by atoms with Gasteiger partial charge >= 0.3 is 6.01 Å². The van der Waals surface area contributed by atoms with Crippen molar-refractivity contribution >= 4 is 17.6 Å². The molecule has 0 bridgehead atoms. The van der Waals surface area contributed by atoms with Crippen molar-refractivity contribution in [2.45, 2.75) is 38.8 Å². The van der Waals surface area contributed by atoms with E-state index in [4.69, 9.17) is 16.0 Å². The molecule has 2 N–H and O–H groups in total. The van der Waals surface area contributed by atoms with Gasteiger partial charge in [-0.1, -0.05) is 35.8 Å². The molecule has 0 radical (unpaired) electrons. The molecule has 2 aromatic rings. The third kappa shape index (κ3) is 3.66. The Morgan fingerprint density at radius 3 is 2.64 bits per heavy atom. The summed E-state index contributed by atoms with van der Waals surface area (Å²) in [4.78, 5) is 2.38. The van der Waals surface area contributed by atoms with Crippen LogP contribution in [-0.2, 0) is 0 Å². The molecule has 0 amide bonds. The van der Waals surface area contributed by atoms with Gasteiger partial charge in [0.2, 0.25) is 5.89 Å². The van der Waals surface area contributed by atoms with Gasteiger partial charge in [-0.05, 0) is 43.5 Å². The summed E-state index contributed by atoms with van der Waals surface area (Å²) in [6.45, 7) is 7.71. The lowest BCUT2D eigenvalue weighted by atomic mass is 9.90. The molecule has 1 saturated heterocycles. The van der Waals surface area contributed by atoms with Crippen LogP contribution in [0.15, 0.2) is 28.7 Å². The number of hydrogen-bond donors (Lipinski definition) is 2. The van der Waals surface area contributed by atoms with Gasteiger partial charge in [0.15, 0.2) is 0 Å². The minimum atomic E-state index is -0.254. The first-order valence-electron chi connectivity index (χ1n) is 8.64. The lowest BCUT2D eigenvalue weighted by Crippen LogP contribution is -2.45. The fourth-order valence-electron chi connectivity index (χ4n) is 4.00. The van der Waals surface area contributed by atoms with Crippen LogP contribution in [0.2, 0.25) is 5.02 Å². The van der Waals surface area contributed by atoms with Gasteiger partial charge in [0.25, 0.3) is 0 Å². The highest BCUT2D eigenvalue weighted by Gasteiger charge is 2.48. The van der Waals surface area contributed by atoms with Gasteiger partial charge in [-0.2, -0.15) is 0 Å². The second-order valence-corrected chi connectivity index (χ2v) is 7.35. The summed E-state index contributed by atoms with van der Waals surface area (Å²) in [6.07, 6.45) is 0.880. The summed E-state index contributed by atoms with van der Waals surface area (Å²) in [5.74, 6) is 0.837. The van der Waals surface area contributed by atoms with Gasteiger partial charge in [-0.15, -0.1) is 5.10 Å². The zero-order valence-electron chi connectivity index (χ0n) is 14.9. The minimum Gasteiger partial charge on any atom is -0.408 e. The van der Waals surface area contributed by atoms with Crippen LogP contribution in [0.3, 0.4) is 0 Å². The molecule has 0 unspecified atom stereocenters. The summed E-state index contributed by atoms with van der Waals surface area (Å²) in [6, 6.07) is 8.62. The molecule has 2 heterocycles. The highest BCUT2D eigenvalue weighted by Crippen LogP contribution is 2.46. The molecular formula is C18H25ClN4O2. The summed E-state index contributed by atoms with van der Waals surface area (Å²) < 4.78 is 5.42. The Balaban J connectivity index is 1.85. The molecule has 1 aromatic carbocycles. The number of aliphatic hydroxyl groups excluding tert-OH is 1. The zero-order chi connectivity index (χ0) is 18.0. The number of nitrogens with zero attached hydrogens (tertiary/aromatic N) is 3. The minimum absolute atomic E-state index is 0.126. The fraction of sp³-hybridized carbons (Fsp3) is 0.556. The third-order valence-corrected chi connectivity index (χ3v) is 5.36. The molecule has 136 valence electrons. The van der Waals surface area contributed by atoms with Crippen LogP contribution < -0.4 is 5.32 Å². The fourth-order valence-corrected chi connectivity index (χ4v) is 4.13. The van der Waals surface area contributed by atoms with E-state index >= 15 is 0 Å². The van der Waals surface area contributed by atoms with E-state index in [9.17, 15) is 5.11 Å². The molecule has 1 fully saturated rings. The maximum Gasteiger partial charge on any atom is 0.315 e. The molecular weight excluding hydrogens is 340 g/mol. The maximum absolute atomic E-state index is 10.0. The maximum atomic E-state index is 10.0. The highest BCUT2D eigenvalue weighted by atomic mass is 35.5. The number of likely N-dealkylation sites (tertiary alicyclic amines) is 1. The van der Waals surface area contributed by atoms with Crippen LogP contribution in [0.5, 0.6) is 0 Å². The number of rotatable bonds is 6. The number of benzene rings is 1. The number of likely N-dealkylation sites (N-methyl/N-ethyl adjacent to an activating group) is 1. The second-order valence-electron chi connectivity index (χ2n) is 6.91. The molecule has 0 aliphatic carbocycles. The molecule has 3 atom stereocenters. The highest BCUT2D eigenvalue weighted by molar-refractivity contribution is 6.30. The molecule has 1 aromatic heterocycles. The quantitative estimate of drug-likeness (QED) is 0.819. The van der Waals surface area contributed by atoms with Gasteiger partial charge in [0, 0.05) is 30.1 Å². The first-order chi connectivity index (χ1) is 12.0. The van der Waals surface area contributed by atoms with Gasteiger partial charge in [0.1, 0.15) is 0 Å². The second kappa shape index (κ2) is 7.32. The number of aromatic nitrogens is 2. The van der Waals surface area contributed by atoms with Crippen molar-refractivity contribution in [3.63, 3.8) is 0 Å². The molecule has 25 heavy (non-hydrogen) atoms. The molecule has 6 nitrogen and oxygen atoms in total. The van der Waals surface area contributed by atoms with Crippen molar-refractivity contribution in [3.05, 3.63) is 40.7 Å². The van der Waals surface area contributed by atoms with E-state index in [0.717, 1.165) is 18.0 Å². The molecule has 1 aliphatic heterocycles. The van der Waals surface area contributed by atoms with E-state index in [1.165, 1.54) is 5.56 Å². The van der Waals surface area contributed by atoms with Crippen LogP contribution in [0.1, 0.15) is 37.8 Å². The Bertz CT molecular complexity index is 705. The number of anilines is 1. The van der Waals surface area contributed by atoms with Crippen molar-refractivity contribution in [3.8, 4) is 0 Å². The molecule has 0 saturated carbocycles. The standard InChI is InChI=1S/C18H25ClN4O2/c1-4-23-16(13-5-7-15(19)8-6-13)14(9-18(23,3)11-24)10-20-17-22-21-12(2)25-17/h5-8,14,16,24H,4,9-11H2,1-3H3,(H,20,22)/t14-,16+,18+/m1/s1. The average molecular weight is 365 g/mol. The summed E-state index contributed by atoms with van der Waals surface area (Å²) in [5.41, 5.74) is 0.952. The van der Waals surface area contributed by atoms with Gasteiger partial charge in [0.05, 0.1) is 6.61 Å². The zero-order valence-corrected chi connectivity index (χ0v) is 15.6. The van der Waals surface area contributed by atoms with Crippen molar-refractivity contribution < 1.29 is 9.52 Å². The Morgan fingerprint density at radius 1 is 1.36 bits per heavy atom. The lowest BCUT2D eigenvalue weighted by molar-refractivity contribution is 0.0581. The van der Waals surface area contributed by atoms with Gasteiger partial charge in [-0.3, -0.25) is 4.90 Å². The Morgan fingerprint density at radius 2 is 2.08 bits per heavy atom. The predicted molar refractivity (Wildman–Crippen MR) is 97.7 cm³/mol. The van der Waals surface area contributed by atoms with Gasteiger partial charge in [-0.25, -0.2) is 0 Å². The number of nitrogens with one attached hydrogen (secondary N) is 1. The van der Waals surface area contributed by atoms with E-state index in [-0.39, 0.29) is 18.2 Å². The largest absolute Gasteiger partial charge is 0.408 e. The third-order valence-electron chi connectivity index (χ3n) is 5.11. The molecule has 1 aliphatic rings. The Kier molecular flexibility index (Phi) is 5.32. The van der Waals surface area contributed by atoms with Crippen LogP contribution in [-0.4, -0.2) is 45.4 Å². The van der Waals surface area contributed by atoms with Crippen molar-refractivity contribution in [1.82, 2.24) is 15.1 Å². The van der Waals surface area contributed by atoms with Crippen LogP contribution in [0.25, 0.3) is 0 Å². The Labute approximate surface area is 153 Å². The number of aliphatic hydroxyl groups is 1. The predicted octanol–water partition coefficient (Wildman–Crippen LogP) is 3.28. The Hall–Kier alpha value is -1.63. The van der Waals surface area contributed by atoms with Crippen molar-refractivity contribution in [2.75, 3.05) is 25.0 Å². The van der Waals surface area contributed by atoms with Crippen LogP contribution >= 0.6 is 11.6 Å². The van der Waals surface area contributed by atoms with E-state index in [2.05, 4.69) is 46.4 Å². The van der Waals surface area contributed by atoms with E-state index < -0.39 is 0 Å². The van der Waals surface area contributed by atoms with Crippen molar-refractivity contribution in [1.29, 1.82) is 0 Å². The topological polar surface area (TPSA) is 74.4 Å². The summed E-state index contributed by atoms with van der Waals surface area (Å²) in [7, 11) is 0. The molecule has 7 heteroatoms. The van der Waals surface area contributed by atoms with Gasteiger partial charge < -0.3 is 14.8 Å². The smallest absolute Gasteiger partial charge is 0.315 e. The van der Waals surface area contributed by atoms with Crippen LogP contribution in [0, 0.1) is 12.8 Å². The summed E-state index contributed by atoms with van der Waals surface area (Å²) >= 11 is 6.06. The molecule has 0 spiro atoms. The number of halogens is 1. The SMILES string of the molecule is CCN1[C@@H](c2ccc(Cl)cc2)[C@@H](CNc2nnc(C)o2)C[C@@]1(C)CO. The van der Waals surface area contributed by atoms with Crippen LogP contribution in [0.4, 0.5) is 6.01 Å². The van der Waals surface area contributed by atoms with E-state index in [1.54, 1.807) is 6.92 Å². The first kappa shape index (κ1) is 18.2. The lowest BCUT2D eigenvalue weighted by Gasteiger charge is -2.37. The van der Waals surface area contributed by atoms with E-state index in [1.807, 2.05) is 12.1 Å².